The third-order valence-corrected chi connectivity index (χ3v) is 3.30. The van der Waals surface area contributed by atoms with Crippen LogP contribution in [0.15, 0.2) is 35.7 Å². The molecule has 1 aromatic carbocycles. The average Bonchev–Trinajstić information content (AvgIpc) is 2.67. The molecule has 0 fully saturated rings. The minimum absolute atomic E-state index is 0.483. The van der Waals surface area contributed by atoms with Crippen molar-refractivity contribution < 1.29 is 5.11 Å². The fourth-order valence-corrected chi connectivity index (χ4v) is 2.52. The quantitative estimate of drug-likeness (QED) is 0.818. The van der Waals surface area contributed by atoms with Crippen LogP contribution in [0.3, 0.4) is 0 Å². The molecule has 1 aromatic heterocycles. The maximum atomic E-state index is 10.1. The van der Waals surface area contributed by atoms with Crippen molar-refractivity contribution in [3.63, 3.8) is 0 Å². The van der Waals surface area contributed by atoms with Crippen LogP contribution in [0.4, 0.5) is 0 Å². The van der Waals surface area contributed by atoms with Gasteiger partial charge in [-0.15, -0.1) is 11.3 Å². The first-order chi connectivity index (χ1) is 7.16. The van der Waals surface area contributed by atoms with Crippen LogP contribution in [0.25, 0.3) is 0 Å². The van der Waals surface area contributed by atoms with E-state index in [0.717, 1.165) is 10.4 Å². The van der Waals surface area contributed by atoms with E-state index >= 15 is 0 Å². The Balaban J connectivity index is 2.37. The number of benzene rings is 1. The lowest BCUT2D eigenvalue weighted by atomic mass is 10.0. The fraction of sp³-hybridized carbons (Fsp3) is 0.231. The molecule has 2 rings (SSSR count). The second-order valence-electron chi connectivity index (χ2n) is 3.84. The summed E-state index contributed by atoms with van der Waals surface area (Å²) in [4.78, 5) is 1.00. The van der Waals surface area contributed by atoms with E-state index in [-0.39, 0.29) is 0 Å². The molecule has 0 amide bonds. The number of hydrogen-bond acceptors (Lipinski definition) is 2. The molecule has 0 spiro atoms. The molecule has 1 heterocycles. The largest absolute Gasteiger partial charge is 0.383 e. The molecule has 2 aromatic rings. The Kier molecular flexibility index (Phi) is 2.89. The smallest absolute Gasteiger partial charge is 0.113 e. The number of aliphatic hydroxyl groups excluding tert-OH is 1. The van der Waals surface area contributed by atoms with E-state index in [2.05, 4.69) is 19.9 Å². The highest BCUT2D eigenvalue weighted by Crippen LogP contribution is 2.26. The van der Waals surface area contributed by atoms with Gasteiger partial charge in [-0.05, 0) is 30.9 Å². The van der Waals surface area contributed by atoms with Gasteiger partial charge in [0.15, 0.2) is 0 Å². The van der Waals surface area contributed by atoms with E-state index in [0.29, 0.717) is 0 Å². The van der Waals surface area contributed by atoms with Crippen LogP contribution in [0.5, 0.6) is 0 Å². The highest BCUT2D eigenvalue weighted by atomic mass is 32.1. The lowest BCUT2D eigenvalue weighted by Crippen LogP contribution is -1.98. The van der Waals surface area contributed by atoms with Crippen LogP contribution >= 0.6 is 11.3 Å². The van der Waals surface area contributed by atoms with E-state index < -0.39 is 6.10 Å². The van der Waals surface area contributed by atoms with Crippen molar-refractivity contribution in [1.29, 1.82) is 0 Å². The zero-order valence-electron chi connectivity index (χ0n) is 8.90. The van der Waals surface area contributed by atoms with Crippen LogP contribution in [0.2, 0.25) is 0 Å². The molecule has 0 radical (unpaired) electrons. The Hall–Kier alpha value is -1.12. The Morgan fingerprint density at radius 1 is 1.13 bits per heavy atom. The molecule has 0 aliphatic carbocycles. The topological polar surface area (TPSA) is 20.2 Å². The van der Waals surface area contributed by atoms with Gasteiger partial charge in [-0.3, -0.25) is 0 Å². The molecule has 0 bridgehead atoms. The van der Waals surface area contributed by atoms with Crippen LogP contribution in [0.1, 0.15) is 27.7 Å². The normalized spacial score (nSPS) is 12.7. The number of aliphatic hydroxyl groups is 1. The summed E-state index contributed by atoms with van der Waals surface area (Å²) in [5.74, 6) is 0. The van der Waals surface area contributed by atoms with E-state index in [9.17, 15) is 5.11 Å². The molecular formula is C13H14OS. The Morgan fingerprint density at radius 2 is 1.80 bits per heavy atom. The third kappa shape index (κ3) is 2.28. The summed E-state index contributed by atoms with van der Waals surface area (Å²) in [7, 11) is 0. The molecule has 78 valence electrons. The van der Waals surface area contributed by atoms with Crippen molar-refractivity contribution in [1.82, 2.24) is 0 Å². The number of rotatable bonds is 2. The first-order valence-corrected chi connectivity index (χ1v) is 5.84. The van der Waals surface area contributed by atoms with E-state index in [1.807, 2.05) is 29.6 Å². The van der Waals surface area contributed by atoms with Gasteiger partial charge >= 0.3 is 0 Å². The molecule has 0 aliphatic heterocycles. The van der Waals surface area contributed by atoms with Crippen LogP contribution < -0.4 is 0 Å². The Morgan fingerprint density at radius 3 is 2.33 bits per heavy atom. The predicted octanol–water partition coefficient (Wildman–Crippen LogP) is 3.45. The van der Waals surface area contributed by atoms with Gasteiger partial charge < -0.3 is 5.11 Å². The van der Waals surface area contributed by atoms with Crippen molar-refractivity contribution in [2.45, 2.75) is 20.0 Å². The second kappa shape index (κ2) is 4.17. The van der Waals surface area contributed by atoms with Crippen LogP contribution in [0, 0.1) is 13.8 Å². The average molecular weight is 218 g/mol. The molecular weight excluding hydrogens is 204 g/mol. The van der Waals surface area contributed by atoms with Crippen molar-refractivity contribution in [3.8, 4) is 0 Å². The molecule has 15 heavy (non-hydrogen) atoms. The van der Waals surface area contributed by atoms with E-state index in [1.165, 1.54) is 11.1 Å². The summed E-state index contributed by atoms with van der Waals surface area (Å²) in [6.07, 6.45) is -0.483. The SMILES string of the molecule is Cc1cc(C)cc(C(O)c2cccs2)c1. The minimum Gasteiger partial charge on any atom is -0.383 e. The summed E-state index contributed by atoms with van der Waals surface area (Å²) in [6, 6.07) is 10.1. The highest BCUT2D eigenvalue weighted by molar-refractivity contribution is 7.10. The van der Waals surface area contributed by atoms with Crippen LogP contribution in [-0.2, 0) is 0 Å². The summed E-state index contributed by atoms with van der Waals surface area (Å²) >= 11 is 1.59. The van der Waals surface area contributed by atoms with Gasteiger partial charge in [-0.25, -0.2) is 0 Å². The lowest BCUT2D eigenvalue weighted by molar-refractivity contribution is 0.224. The molecule has 0 saturated carbocycles. The van der Waals surface area contributed by atoms with E-state index in [1.54, 1.807) is 11.3 Å². The van der Waals surface area contributed by atoms with Gasteiger partial charge in [0.25, 0.3) is 0 Å². The third-order valence-electron chi connectivity index (χ3n) is 2.37. The van der Waals surface area contributed by atoms with Gasteiger partial charge in [-0.2, -0.15) is 0 Å². The number of aryl methyl sites for hydroxylation is 2. The second-order valence-corrected chi connectivity index (χ2v) is 4.82. The zero-order valence-corrected chi connectivity index (χ0v) is 9.71. The Labute approximate surface area is 94.0 Å². The molecule has 1 N–H and O–H groups in total. The Bertz CT molecular complexity index is 425. The first-order valence-electron chi connectivity index (χ1n) is 4.96. The van der Waals surface area contributed by atoms with Crippen molar-refractivity contribution in [2.24, 2.45) is 0 Å². The predicted molar refractivity (Wildman–Crippen MR) is 64.3 cm³/mol. The highest BCUT2D eigenvalue weighted by Gasteiger charge is 2.11. The number of hydrogen-bond donors (Lipinski definition) is 1. The summed E-state index contributed by atoms with van der Waals surface area (Å²) in [5.41, 5.74) is 3.37. The summed E-state index contributed by atoms with van der Waals surface area (Å²) < 4.78 is 0. The van der Waals surface area contributed by atoms with Gasteiger partial charge in [0.2, 0.25) is 0 Å². The molecule has 1 unspecified atom stereocenters. The van der Waals surface area contributed by atoms with E-state index in [4.69, 9.17) is 0 Å². The molecule has 0 saturated heterocycles. The van der Waals surface area contributed by atoms with Gasteiger partial charge in [0.05, 0.1) is 0 Å². The molecule has 1 nitrogen and oxygen atoms in total. The van der Waals surface area contributed by atoms with Gasteiger partial charge in [0, 0.05) is 4.88 Å². The van der Waals surface area contributed by atoms with Crippen molar-refractivity contribution in [2.75, 3.05) is 0 Å². The minimum atomic E-state index is -0.483. The molecule has 1 atom stereocenters. The van der Waals surface area contributed by atoms with Gasteiger partial charge in [0.1, 0.15) is 6.10 Å². The van der Waals surface area contributed by atoms with Crippen molar-refractivity contribution >= 4 is 11.3 Å². The lowest BCUT2D eigenvalue weighted by Gasteiger charge is -2.10. The standard InChI is InChI=1S/C13H14OS/c1-9-6-10(2)8-11(7-9)13(14)12-4-3-5-15-12/h3-8,13-14H,1-2H3. The summed E-state index contributed by atoms with van der Waals surface area (Å²) in [6.45, 7) is 4.11. The maximum Gasteiger partial charge on any atom is 0.113 e. The monoisotopic (exact) mass is 218 g/mol. The van der Waals surface area contributed by atoms with Gasteiger partial charge in [-0.1, -0.05) is 35.4 Å². The molecule has 0 aliphatic rings. The van der Waals surface area contributed by atoms with Crippen LogP contribution in [-0.4, -0.2) is 5.11 Å². The number of thiophene rings is 1. The summed E-state index contributed by atoms with van der Waals surface area (Å²) in [5, 5.41) is 12.1. The first kappa shape index (κ1) is 10.4. The molecule has 2 heteroatoms. The fourth-order valence-electron chi connectivity index (χ4n) is 1.78. The zero-order chi connectivity index (χ0) is 10.8. The maximum absolute atomic E-state index is 10.1. The van der Waals surface area contributed by atoms with Crippen molar-refractivity contribution in [3.05, 3.63) is 57.3 Å².